The lowest BCUT2D eigenvalue weighted by Gasteiger charge is -2.11. The second-order valence-electron chi connectivity index (χ2n) is 2.84. The minimum absolute atomic E-state index is 0.374. The quantitative estimate of drug-likeness (QED) is 0.841. The zero-order valence-electron chi connectivity index (χ0n) is 8.02. The maximum Gasteiger partial charge on any atom is 0.128 e. The van der Waals surface area contributed by atoms with Crippen molar-refractivity contribution in [2.24, 2.45) is 5.73 Å². The van der Waals surface area contributed by atoms with Gasteiger partial charge in [-0.05, 0) is 26.0 Å². The lowest BCUT2D eigenvalue weighted by Crippen LogP contribution is -2.06. The Kier molecular flexibility index (Phi) is 4.17. The summed E-state index contributed by atoms with van der Waals surface area (Å²) in [6.45, 7) is 2.79. The van der Waals surface area contributed by atoms with E-state index >= 15 is 0 Å². The number of hydrogen-bond acceptors (Lipinski definition) is 2. The number of ether oxygens (including phenoxy) is 1. The Morgan fingerprint density at radius 3 is 2.79 bits per heavy atom. The summed E-state index contributed by atoms with van der Waals surface area (Å²) in [7, 11) is 0. The molecular formula is C10H13ClFNO. The number of benzene rings is 1. The Bertz CT molecular complexity index is 317. The summed E-state index contributed by atoms with van der Waals surface area (Å²) in [5, 5.41) is 0.374. The highest BCUT2D eigenvalue weighted by molar-refractivity contribution is 6.31. The molecule has 1 aromatic rings. The minimum Gasteiger partial charge on any atom is -0.493 e. The highest BCUT2D eigenvalue weighted by Crippen LogP contribution is 2.28. The molecule has 0 saturated heterocycles. The maximum absolute atomic E-state index is 13.0. The van der Waals surface area contributed by atoms with Gasteiger partial charge in [0.05, 0.1) is 11.6 Å². The molecule has 0 amide bonds. The predicted octanol–water partition coefficient (Wildman–Crippen LogP) is 2.38. The molecule has 1 rings (SSSR count). The summed E-state index contributed by atoms with van der Waals surface area (Å²) < 4.78 is 18.2. The van der Waals surface area contributed by atoms with Gasteiger partial charge in [-0.15, -0.1) is 0 Å². The van der Waals surface area contributed by atoms with Gasteiger partial charge in [0.1, 0.15) is 11.6 Å². The van der Waals surface area contributed by atoms with Crippen LogP contribution in [0.5, 0.6) is 5.75 Å². The Morgan fingerprint density at radius 1 is 1.50 bits per heavy atom. The summed E-state index contributed by atoms with van der Waals surface area (Å²) in [6, 6.07) is 2.61. The normalized spacial score (nSPS) is 10.3. The third kappa shape index (κ3) is 2.59. The van der Waals surface area contributed by atoms with Crippen LogP contribution in [0.3, 0.4) is 0 Å². The van der Waals surface area contributed by atoms with Gasteiger partial charge in [0, 0.05) is 11.6 Å². The molecule has 0 bridgehead atoms. The van der Waals surface area contributed by atoms with E-state index in [1.807, 2.05) is 6.92 Å². The molecule has 14 heavy (non-hydrogen) atoms. The van der Waals surface area contributed by atoms with E-state index in [0.29, 0.717) is 30.3 Å². The molecule has 0 spiro atoms. The topological polar surface area (TPSA) is 35.2 Å². The molecule has 0 aliphatic rings. The van der Waals surface area contributed by atoms with Crippen LogP contribution in [-0.2, 0) is 6.42 Å². The van der Waals surface area contributed by atoms with Crippen LogP contribution < -0.4 is 10.5 Å². The molecule has 78 valence electrons. The van der Waals surface area contributed by atoms with Crippen LogP contribution in [0.25, 0.3) is 0 Å². The first-order chi connectivity index (χ1) is 6.69. The monoisotopic (exact) mass is 217 g/mol. The zero-order valence-corrected chi connectivity index (χ0v) is 8.77. The molecule has 0 aliphatic heterocycles. The van der Waals surface area contributed by atoms with Crippen molar-refractivity contribution in [2.45, 2.75) is 13.3 Å². The van der Waals surface area contributed by atoms with Crippen molar-refractivity contribution in [1.29, 1.82) is 0 Å². The van der Waals surface area contributed by atoms with Crippen LogP contribution in [0.2, 0.25) is 5.02 Å². The van der Waals surface area contributed by atoms with E-state index in [2.05, 4.69) is 0 Å². The van der Waals surface area contributed by atoms with Crippen molar-refractivity contribution in [3.05, 3.63) is 28.5 Å². The number of hydrogen-bond donors (Lipinski definition) is 1. The van der Waals surface area contributed by atoms with Gasteiger partial charge in [0.15, 0.2) is 0 Å². The van der Waals surface area contributed by atoms with Gasteiger partial charge in [-0.25, -0.2) is 4.39 Å². The molecule has 0 aromatic heterocycles. The van der Waals surface area contributed by atoms with Crippen LogP contribution >= 0.6 is 11.6 Å². The SMILES string of the molecule is CCOc1cc(F)cc(Cl)c1CCN. The first-order valence-corrected chi connectivity index (χ1v) is 4.87. The Labute approximate surface area is 87.8 Å². The van der Waals surface area contributed by atoms with Crippen LogP contribution in [0.4, 0.5) is 4.39 Å². The van der Waals surface area contributed by atoms with Gasteiger partial charge in [-0.1, -0.05) is 11.6 Å². The third-order valence-corrected chi connectivity index (χ3v) is 2.15. The average molecular weight is 218 g/mol. The summed E-state index contributed by atoms with van der Waals surface area (Å²) in [5.41, 5.74) is 6.20. The second-order valence-corrected chi connectivity index (χ2v) is 3.24. The molecule has 2 N–H and O–H groups in total. The molecule has 1 aromatic carbocycles. The Morgan fingerprint density at radius 2 is 2.21 bits per heavy atom. The van der Waals surface area contributed by atoms with Crippen LogP contribution in [0, 0.1) is 5.82 Å². The second kappa shape index (κ2) is 5.17. The van der Waals surface area contributed by atoms with Crippen LogP contribution in [0.15, 0.2) is 12.1 Å². The minimum atomic E-state index is -0.390. The van der Waals surface area contributed by atoms with Crippen molar-refractivity contribution < 1.29 is 9.13 Å². The standard InChI is InChI=1S/C10H13ClFNO/c1-2-14-10-6-7(12)5-9(11)8(10)3-4-13/h5-6H,2-4,13H2,1H3. The lowest BCUT2D eigenvalue weighted by molar-refractivity contribution is 0.334. The van der Waals surface area contributed by atoms with E-state index in [1.54, 1.807) is 0 Å². The molecule has 0 heterocycles. The van der Waals surface area contributed by atoms with Gasteiger partial charge < -0.3 is 10.5 Å². The molecular weight excluding hydrogens is 205 g/mol. The molecule has 0 saturated carbocycles. The van der Waals surface area contributed by atoms with Crippen molar-refractivity contribution >= 4 is 11.6 Å². The van der Waals surface area contributed by atoms with Gasteiger partial charge in [0.25, 0.3) is 0 Å². The molecule has 0 atom stereocenters. The molecule has 4 heteroatoms. The molecule has 0 aliphatic carbocycles. The molecule has 2 nitrogen and oxygen atoms in total. The van der Waals surface area contributed by atoms with E-state index < -0.39 is 0 Å². The number of rotatable bonds is 4. The highest BCUT2D eigenvalue weighted by atomic mass is 35.5. The number of nitrogens with two attached hydrogens (primary N) is 1. The third-order valence-electron chi connectivity index (χ3n) is 1.81. The van der Waals surface area contributed by atoms with E-state index in [0.717, 1.165) is 5.56 Å². The first kappa shape index (κ1) is 11.3. The zero-order chi connectivity index (χ0) is 10.6. The predicted molar refractivity (Wildman–Crippen MR) is 55.3 cm³/mol. The summed E-state index contributed by atoms with van der Waals surface area (Å²) >= 11 is 5.87. The fraction of sp³-hybridized carbons (Fsp3) is 0.400. The fourth-order valence-corrected chi connectivity index (χ4v) is 1.54. The number of halogens is 2. The summed E-state index contributed by atoms with van der Waals surface area (Å²) in [4.78, 5) is 0. The average Bonchev–Trinajstić information content (AvgIpc) is 2.11. The summed E-state index contributed by atoms with van der Waals surface area (Å²) in [6.07, 6.45) is 0.592. The van der Waals surface area contributed by atoms with E-state index in [4.69, 9.17) is 22.1 Å². The largest absolute Gasteiger partial charge is 0.493 e. The van der Waals surface area contributed by atoms with Crippen molar-refractivity contribution in [2.75, 3.05) is 13.2 Å². The summed E-state index contributed by atoms with van der Waals surface area (Å²) in [5.74, 6) is 0.0992. The van der Waals surface area contributed by atoms with E-state index in [-0.39, 0.29) is 5.82 Å². The van der Waals surface area contributed by atoms with Gasteiger partial charge in [-0.2, -0.15) is 0 Å². The van der Waals surface area contributed by atoms with Gasteiger partial charge in [-0.3, -0.25) is 0 Å². The fourth-order valence-electron chi connectivity index (χ4n) is 1.25. The Balaban J connectivity index is 3.07. The Hall–Kier alpha value is -0.800. The van der Waals surface area contributed by atoms with Crippen molar-refractivity contribution in [3.8, 4) is 5.75 Å². The molecule has 0 radical (unpaired) electrons. The van der Waals surface area contributed by atoms with Crippen molar-refractivity contribution in [3.63, 3.8) is 0 Å². The molecule has 0 unspecified atom stereocenters. The van der Waals surface area contributed by atoms with Crippen molar-refractivity contribution in [1.82, 2.24) is 0 Å². The van der Waals surface area contributed by atoms with Gasteiger partial charge in [0.2, 0.25) is 0 Å². The maximum atomic E-state index is 13.0. The van der Waals surface area contributed by atoms with E-state index in [1.165, 1.54) is 12.1 Å². The van der Waals surface area contributed by atoms with Crippen LogP contribution in [0.1, 0.15) is 12.5 Å². The lowest BCUT2D eigenvalue weighted by atomic mass is 10.1. The van der Waals surface area contributed by atoms with E-state index in [9.17, 15) is 4.39 Å². The first-order valence-electron chi connectivity index (χ1n) is 4.49. The van der Waals surface area contributed by atoms with Gasteiger partial charge >= 0.3 is 0 Å². The smallest absolute Gasteiger partial charge is 0.128 e. The van der Waals surface area contributed by atoms with Crippen LogP contribution in [-0.4, -0.2) is 13.2 Å². The highest BCUT2D eigenvalue weighted by Gasteiger charge is 2.09. The molecule has 0 fully saturated rings.